The Labute approximate surface area is 271 Å². The van der Waals surface area contributed by atoms with Gasteiger partial charge in [0.25, 0.3) is 17.3 Å². The third-order valence-corrected chi connectivity index (χ3v) is 10.7. The summed E-state index contributed by atoms with van der Waals surface area (Å²) in [6, 6.07) is 20.0. The van der Waals surface area contributed by atoms with Crippen molar-refractivity contribution >= 4 is 68.8 Å². The number of fused-ring (bicyclic) bond motifs is 3. The van der Waals surface area contributed by atoms with E-state index in [1.54, 1.807) is 7.11 Å². The summed E-state index contributed by atoms with van der Waals surface area (Å²) < 4.78 is 47.6. The summed E-state index contributed by atoms with van der Waals surface area (Å²) in [5.41, 5.74) is 1.14. The largest absolute Gasteiger partial charge is 0.497 e. The molecule has 7 nitrogen and oxygen atoms in total. The summed E-state index contributed by atoms with van der Waals surface area (Å²) in [6.07, 6.45) is 0. The topological polar surface area (TPSA) is 65.5 Å². The molecular formula is C32H43F3N3O4PS2. The fourth-order valence-electron chi connectivity index (χ4n) is 4.94. The molecule has 1 atom stereocenters. The molecule has 1 aliphatic rings. The second-order valence-corrected chi connectivity index (χ2v) is 13.3. The maximum absolute atomic E-state index is 13.4. The van der Waals surface area contributed by atoms with Gasteiger partial charge in [-0.15, -0.1) is 23.0 Å². The van der Waals surface area contributed by atoms with Crippen LogP contribution in [0.1, 0.15) is 44.3 Å². The molecule has 0 radical (unpaired) electrons. The van der Waals surface area contributed by atoms with Crippen molar-refractivity contribution in [1.82, 2.24) is 9.21 Å². The Kier molecular flexibility index (Phi) is 14.2. The first-order valence-electron chi connectivity index (χ1n) is 15.0. The maximum atomic E-state index is 13.4. The molecule has 1 fully saturated rings. The molecule has 1 saturated heterocycles. The molecule has 13 heteroatoms. The van der Waals surface area contributed by atoms with Crippen molar-refractivity contribution in [3.63, 3.8) is 0 Å². The van der Waals surface area contributed by atoms with Crippen LogP contribution in [0.2, 0.25) is 0 Å². The quantitative estimate of drug-likeness (QED) is 0.178. The van der Waals surface area contributed by atoms with Gasteiger partial charge in [-0.25, -0.2) is 0 Å². The highest BCUT2D eigenvalue weighted by Crippen LogP contribution is 2.56. The number of thiophene rings is 1. The Hall–Kier alpha value is -2.60. The Morgan fingerprint density at radius 3 is 2.07 bits per heavy atom. The van der Waals surface area contributed by atoms with E-state index in [0.717, 1.165) is 55.6 Å². The van der Waals surface area contributed by atoms with E-state index in [4.69, 9.17) is 9.26 Å². The lowest BCUT2D eigenvalue weighted by atomic mass is 10.1. The normalized spacial score (nSPS) is 14.5. The first kappa shape index (κ1) is 36.9. The number of rotatable bonds is 9. The highest BCUT2D eigenvalue weighted by molar-refractivity contribution is 8.18. The van der Waals surface area contributed by atoms with Gasteiger partial charge in [-0.3, -0.25) is 4.79 Å². The SMILES string of the molecule is CC.CCN(CC)S(F)(F)F.CCOP(O)c1cc2cc(C(=O)N3CCN(c4ccc(OC)cc4)CC3)sc2c2ccccc12. The lowest BCUT2D eigenvalue weighted by molar-refractivity contribution is 0.0751. The third kappa shape index (κ3) is 9.24. The van der Waals surface area contributed by atoms with E-state index >= 15 is 0 Å². The van der Waals surface area contributed by atoms with Crippen molar-refractivity contribution in [2.75, 3.05) is 57.9 Å². The number of anilines is 1. The standard InChI is InChI=1S/C26H27N2O4PS.C4H10F3NS.C2H6/c1-3-32-33(30)23-16-18-17-24(34-25(18)22-7-5-4-6-21(22)23)26(29)28-14-12-27(13-15-28)19-8-10-20(31-2)11-9-19;1-3-8(4-2)9(5,6)7;1-2/h4-11,16-17,30H,3,12-15H2,1-2H3;3-4H2,1-2H3;1-2H3. The molecule has 0 spiro atoms. The smallest absolute Gasteiger partial charge is 0.278 e. The van der Waals surface area contributed by atoms with Crippen LogP contribution < -0.4 is 14.9 Å². The number of benzene rings is 3. The third-order valence-electron chi connectivity index (χ3n) is 7.17. The van der Waals surface area contributed by atoms with E-state index in [1.165, 1.54) is 25.2 Å². The molecule has 2 heterocycles. The Bertz CT molecular complexity index is 1510. The molecule has 0 saturated carbocycles. The summed E-state index contributed by atoms with van der Waals surface area (Å²) >= 11 is -3.40. The van der Waals surface area contributed by atoms with Crippen LogP contribution >= 0.6 is 31.1 Å². The minimum atomic E-state index is -4.93. The van der Waals surface area contributed by atoms with Gasteiger partial charge in [0.2, 0.25) is 8.38 Å². The van der Waals surface area contributed by atoms with Crippen LogP contribution in [0.25, 0.3) is 20.9 Å². The molecule has 1 aromatic heterocycles. The van der Waals surface area contributed by atoms with Crippen LogP contribution in [0.3, 0.4) is 0 Å². The van der Waals surface area contributed by atoms with Crippen molar-refractivity contribution < 1.29 is 30.6 Å². The Balaban J connectivity index is 0.000000435. The average Bonchev–Trinajstić information content (AvgIpc) is 3.50. The number of carbonyl (C=O) groups is 1. The number of ether oxygens (including phenoxy) is 1. The number of piperazine rings is 1. The fourth-order valence-corrected chi connectivity index (χ4v) is 7.71. The van der Waals surface area contributed by atoms with Crippen LogP contribution in [0.4, 0.5) is 17.3 Å². The van der Waals surface area contributed by atoms with Gasteiger partial charge in [-0.2, -0.15) is 4.31 Å². The molecule has 1 aliphatic heterocycles. The zero-order chi connectivity index (χ0) is 33.1. The maximum Gasteiger partial charge on any atom is 0.278 e. The Morgan fingerprint density at radius 1 is 0.956 bits per heavy atom. The summed E-state index contributed by atoms with van der Waals surface area (Å²) in [6.45, 7) is 12.4. The number of methoxy groups -OCH3 is 1. The van der Waals surface area contributed by atoms with Crippen LogP contribution in [-0.4, -0.2) is 73.0 Å². The van der Waals surface area contributed by atoms with E-state index in [2.05, 4.69) is 23.1 Å². The van der Waals surface area contributed by atoms with Gasteiger partial charge in [0.1, 0.15) is 5.75 Å². The summed E-state index contributed by atoms with van der Waals surface area (Å²) in [7, 11) is -0.0360. The minimum absolute atomic E-state index is 0.0648. The van der Waals surface area contributed by atoms with Crippen molar-refractivity contribution in [2.24, 2.45) is 0 Å². The van der Waals surface area contributed by atoms with Gasteiger partial charge in [-0.05, 0) is 54.1 Å². The van der Waals surface area contributed by atoms with E-state index in [-0.39, 0.29) is 19.0 Å². The average molecular weight is 686 g/mol. The molecule has 248 valence electrons. The molecule has 1 amide bonds. The van der Waals surface area contributed by atoms with Crippen LogP contribution in [0, 0.1) is 0 Å². The van der Waals surface area contributed by atoms with Gasteiger partial charge in [-0.1, -0.05) is 52.0 Å². The molecule has 3 aromatic carbocycles. The summed E-state index contributed by atoms with van der Waals surface area (Å²) in [4.78, 5) is 29.0. The number of carbonyl (C=O) groups excluding carboxylic acids is 1. The van der Waals surface area contributed by atoms with E-state index in [0.29, 0.717) is 24.0 Å². The number of hydrogen-bond acceptors (Lipinski definition) is 7. The zero-order valence-electron chi connectivity index (χ0n) is 26.6. The minimum Gasteiger partial charge on any atom is -0.497 e. The lowest BCUT2D eigenvalue weighted by Crippen LogP contribution is -2.48. The van der Waals surface area contributed by atoms with Crippen LogP contribution in [0.15, 0.2) is 60.7 Å². The highest BCUT2D eigenvalue weighted by atomic mass is 32.3. The molecule has 0 aliphatic carbocycles. The first-order chi connectivity index (χ1) is 21.6. The molecule has 4 aromatic rings. The van der Waals surface area contributed by atoms with E-state index in [1.807, 2.05) is 68.1 Å². The summed E-state index contributed by atoms with van der Waals surface area (Å²) in [5, 5.41) is 3.79. The second kappa shape index (κ2) is 17.4. The molecule has 45 heavy (non-hydrogen) atoms. The Morgan fingerprint density at radius 2 is 1.56 bits per heavy atom. The van der Waals surface area contributed by atoms with Gasteiger partial charge >= 0.3 is 0 Å². The number of hydrogen-bond donors (Lipinski definition) is 1. The highest BCUT2D eigenvalue weighted by Gasteiger charge is 2.28. The monoisotopic (exact) mass is 685 g/mol. The molecule has 0 bridgehead atoms. The molecule has 1 N–H and O–H groups in total. The number of nitrogens with zero attached hydrogens (tertiary/aromatic N) is 3. The zero-order valence-corrected chi connectivity index (χ0v) is 29.2. The van der Waals surface area contributed by atoms with Crippen molar-refractivity contribution in [3.8, 4) is 5.75 Å². The van der Waals surface area contributed by atoms with Crippen LogP contribution in [-0.2, 0) is 4.52 Å². The fraction of sp³-hybridized carbons (Fsp3) is 0.406. The van der Waals surface area contributed by atoms with Gasteiger partial charge < -0.3 is 24.0 Å². The van der Waals surface area contributed by atoms with E-state index in [9.17, 15) is 21.3 Å². The predicted molar refractivity (Wildman–Crippen MR) is 186 cm³/mol. The van der Waals surface area contributed by atoms with Crippen molar-refractivity contribution in [2.45, 2.75) is 34.6 Å². The van der Waals surface area contributed by atoms with E-state index < -0.39 is 19.7 Å². The second-order valence-electron chi connectivity index (χ2n) is 9.63. The lowest BCUT2D eigenvalue weighted by Gasteiger charge is -2.36. The van der Waals surface area contributed by atoms with Crippen molar-refractivity contribution in [3.05, 3.63) is 65.5 Å². The molecule has 5 rings (SSSR count). The number of amides is 1. The summed E-state index contributed by atoms with van der Waals surface area (Å²) in [5.74, 6) is 0.908. The van der Waals surface area contributed by atoms with Crippen molar-refractivity contribution in [1.29, 1.82) is 0 Å². The predicted octanol–water partition coefficient (Wildman–Crippen LogP) is 8.72. The number of halogens is 3. The molecule has 1 unspecified atom stereocenters. The van der Waals surface area contributed by atoms with Gasteiger partial charge in [0, 0.05) is 60.3 Å². The van der Waals surface area contributed by atoms with Gasteiger partial charge in [0.15, 0.2) is 0 Å². The molecular weight excluding hydrogens is 642 g/mol. The van der Waals surface area contributed by atoms with Crippen LogP contribution in [0.5, 0.6) is 5.75 Å². The van der Waals surface area contributed by atoms with Gasteiger partial charge in [0.05, 0.1) is 18.6 Å². The first-order valence-corrected chi connectivity index (χ1v) is 18.4.